The number of hydrogen-bond donors (Lipinski definition) is 2. The average Bonchev–Trinajstić information content (AvgIpc) is 2.35. The van der Waals surface area contributed by atoms with Crippen molar-refractivity contribution in [2.45, 2.75) is 38.7 Å². The van der Waals surface area contributed by atoms with E-state index >= 15 is 0 Å². The summed E-state index contributed by atoms with van der Waals surface area (Å²) < 4.78 is 11.1. The van der Waals surface area contributed by atoms with E-state index in [9.17, 15) is 0 Å². The molecule has 0 aromatic carbocycles. The van der Waals surface area contributed by atoms with Crippen LogP contribution in [0.25, 0.3) is 0 Å². The number of ether oxygens (including phenoxy) is 2. The lowest BCUT2D eigenvalue weighted by atomic mass is 10.0. The molecule has 1 fully saturated rings. The lowest BCUT2D eigenvalue weighted by Gasteiger charge is -2.24. The molecule has 0 bridgehead atoms. The van der Waals surface area contributed by atoms with Crippen LogP contribution < -0.4 is 5.73 Å². The summed E-state index contributed by atoms with van der Waals surface area (Å²) in [5, 5.41) is 11.5. The number of amidine groups is 1. The SMILES string of the molecule is CCC(CC(N)=NO)OCC1CCOCC1. The normalized spacial score (nSPS) is 20.9. The zero-order valence-corrected chi connectivity index (χ0v) is 9.89. The summed E-state index contributed by atoms with van der Waals surface area (Å²) in [4.78, 5) is 0. The third-order valence-corrected chi connectivity index (χ3v) is 2.93. The monoisotopic (exact) mass is 230 g/mol. The Bertz CT molecular complexity index is 215. The minimum Gasteiger partial charge on any atom is -0.409 e. The van der Waals surface area contributed by atoms with Crippen molar-refractivity contribution in [2.24, 2.45) is 16.8 Å². The lowest BCUT2D eigenvalue weighted by Crippen LogP contribution is -2.27. The van der Waals surface area contributed by atoms with Crippen LogP contribution in [0, 0.1) is 5.92 Å². The van der Waals surface area contributed by atoms with Crippen molar-refractivity contribution in [3.05, 3.63) is 0 Å². The second-order valence-electron chi connectivity index (χ2n) is 4.21. The van der Waals surface area contributed by atoms with Crippen LogP contribution in [0.3, 0.4) is 0 Å². The van der Waals surface area contributed by atoms with Gasteiger partial charge in [0.1, 0.15) is 5.84 Å². The van der Waals surface area contributed by atoms with Gasteiger partial charge >= 0.3 is 0 Å². The molecule has 1 atom stereocenters. The van der Waals surface area contributed by atoms with Crippen LogP contribution in [-0.4, -0.2) is 37.0 Å². The fourth-order valence-electron chi connectivity index (χ4n) is 1.78. The molecule has 5 heteroatoms. The first-order valence-electron chi connectivity index (χ1n) is 5.92. The highest BCUT2D eigenvalue weighted by atomic mass is 16.5. The highest BCUT2D eigenvalue weighted by molar-refractivity contribution is 5.80. The standard InChI is InChI=1S/C11H22N2O3/c1-2-10(7-11(12)13-14)16-8-9-3-5-15-6-4-9/h9-10,14H,2-8H2,1H3,(H2,12,13). The Morgan fingerprint density at radius 2 is 2.25 bits per heavy atom. The molecular weight excluding hydrogens is 208 g/mol. The van der Waals surface area contributed by atoms with Crippen molar-refractivity contribution in [3.8, 4) is 0 Å². The molecule has 0 aromatic heterocycles. The van der Waals surface area contributed by atoms with Crippen LogP contribution in [0.5, 0.6) is 0 Å². The van der Waals surface area contributed by atoms with E-state index in [1.165, 1.54) is 0 Å². The molecule has 1 saturated heterocycles. The molecule has 1 rings (SSSR count). The molecule has 94 valence electrons. The molecule has 1 heterocycles. The van der Waals surface area contributed by atoms with Crippen molar-refractivity contribution in [1.29, 1.82) is 0 Å². The molecule has 0 saturated carbocycles. The Labute approximate surface area is 96.6 Å². The summed E-state index contributed by atoms with van der Waals surface area (Å²) in [6.45, 7) is 4.47. The van der Waals surface area contributed by atoms with Gasteiger partial charge in [-0.2, -0.15) is 0 Å². The summed E-state index contributed by atoms with van der Waals surface area (Å²) >= 11 is 0. The molecular formula is C11H22N2O3. The number of oxime groups is 1. The molecule has 1 aliphatic heterocycles. The molecule has 16 heavy (non-hydrogen) atoms. The van der Waals surface area contributed by atoms with Crippen molar-refractivity contribution < 1.29 is 14.7 Å². The average molecular weight is 230 g/mol. The van der Waals surface area contributed by atoms with E-state index < -0.39 is 0 Å². The zero-order chi connectivity index (χ0) is 11.8. The Balaban J connectivity index is 2.22. The number of hydrogen-bond acceptors (Lipinski definition) is 4. The van der Waals surface area contributed by atoms with Gasteiger partial charge < -0.3 is 20.4 Å². The Morgan fingerprint density at radius 3 is 2.81 bits per heavy atom. The predicted molar refractivity (Wildman–Crippen MR) is 61.6 cm³/mol. The molecule has 3 N–H and O–H groups in total. The zero-order valence-electron chi connectivity index (χ0n) is 9.89. The van der Waals surface area contributed by atoms with Gasteiger partial charge in [0, 0.05) is 26.2 Å². The van der Waals surface area contributed by atoms with Gasteiger partial charge in [0.05, 0.1) is 6.10 Å². The largest absolute Gasteiger partial charge is 0.409 e. The Kier molecular flexibility index (Phi) is 6.18. The first-order chi connectivity index (χ1) is 7.76. The fraction of sp³-hybridized carbons (Fsp3) is 0.909. The van der Waals surface area contributed by atoms with Crippen molar-refractivity contribution in [1.82, 2.24) is 0 Å². The highest BCUT2D eigenvalue weighted by Crippen LogP contribution is 2.16. The molecule has 5 nitrogen and oxygen atoms in total. The quantitative estimate of drug-likeness (QED) is 0.312. The van der Waals surface area contributed by atoms with Crippen LogP contribution in [0.4, 0.5) is 0 Å². The van der Waals surface area contributed by atoms with Gasteiger partial charge in [0.25, 0.3) is 0 Å². The maximum absolute atomic E-state index is 8.49. The van der Waals surface area contributed by atoms with E-state index in [2.05, 4.69) is 5.16 Å². The van der Waals surface area contributed by atoms with Gasteiger partial charge in [-0.15, -0.1) is 0 Å². The Morgan fingerprint density at radius 1 is 1.56 bits per heavy atom. The number of nitrogens with two attached hydrogens (primary N) is 1. The third-order valence-electron chi connectivity index (χ3n) is 2.93. The molecule has 0 radical (unpaired) electrons. The molecule has 1 unspecified atom stereocenters. The molecule has 0 amide bonds. The summed E-state index contributed by atoms with van der Waals surface area (Å²) in [6.07, 6.45) is 3.56. The van der Waals surface area contributed by atoms with Gasteiger partial charge in [-0.25, -0.2) is 0 Å². The predicted octanol–water partition coefficient (Wildman–Crippen LogP) is 1.34. The van der Waals surface area contributed by atoms with Crippen LogP contribution in [0.15, 0.2) is 5.16 Å². The molecule has 0 aliphatic carbocycles. The highest BCUT2D eigenvalue weighted by Gasteiger charge is 2.16. The lowest BCUT2D eigenvalue weighted by molar-refractivity contribution is -0.00968. The first kappa shape index (κ1) is 13.3. The first-order valence-corrected chi connectivity index (χ1v) is 5.92. The molecule has 1 aliphatic rings. The summed E-state index contributed by atoms with van der Waals surface area (Å²) in [5.74, 6) is 0.828. The van der Waals surface area contributed by atoms with E-state index in [1.54, 1.807) is 0 Å². The van der Waals surface area contributed by atoms with Gasteiger partial charge in [0.15, 0.2) is 0 Å². The van der Waals surface area contributed by atoms with Crippen LogP contribution in [0.2, 0.25) is 0 Å². The summed E-state index contributed by atoms with van der Waals surface area (Å²) in [7, 11) is 0. The van der Waals surface area contributed by atoms with Crippen molar-refractivity contribution in [2.75, 3.05) is 19.8 Å². The van der Waals surface area contributed by atoms with Crippen LogP contribution in [-0.2, 0) is 9.47 Å². The van der Waals surface area contributed by atoms with Crippen molar-refractivity contribution >= 4 is 5.84 Å². The maximum Gasteiger partial charge on any atom is 0.141 e. The topological polar surface area (TPSA) is 77.1 Å². The van der Waals surface area contributed by atoms with Gasteiger partial charge in [0.2, 0.25) is 0 Å². The van der Waals surface area contributed by atoms with E-state index in [0.717, 1.165) is 39.1 Å². The molecule has 0 spiro atoms. The number of rotatable bonds is 6. The third kappa shape index (κ3) is 4.81. The van der Waals surface area contributed by atoms with Crippen LogP contribution >= 0.6 is 0 Å². The summed E-state index contributed by atoms with van der Waals surface area (Å²) in [6, 6.07) is 0. The van der Waals surface area contributed by atoms with E-state index in [4.69, 9.17) is 20.4 Å². The van der Waals surface area contributed by atoms with E-state index in [0.29, 0.717) is 12.3 Å². The second kappa shape index (κ2) is 7.46. The molecule has 0 aromatic rings. The fourth-order valence-corrected chi connectivity index (χ4v) is 1.78. The minimum absolute atomic E-state index is 0.0544. The maximum atomic E-state index is 8.49. The van der Waals surface area contributed by atoms with Crippen molar-refractivity contribution in [3.63, 3.8) is 0 Å². The minimum atomic E-state index is 0.0544. The second-order valence-corrected chi connectivity index (χ2v) is 4.21. The van der Waals surface area contributed by atoms with Gasteiger partial charge in [-0.3, -0.25) is 0 Å². The van der Waals surface area contributed by atoms with E-state index in [1.807, 2.05) is 6.92 Å². The van der Waals surface area contributed by atoms with Gasteiger partial charge in [-0.1, -0.05) is 12.1 Å². The van der Waals surface area contributed by atoms with Gasteiger partial charge in [-0.05, 0) is 25.2 Å². The Hall–Kier alpha value is -0.810. The smallest absolute Gasteiger partial charge is 0.141 e. The number of nitrogens with zero attached hydrogens (tertiary/aromatic N) is 1. The van der Waals surface area contributed by atoms with Crippen LogP contribution in [0.1, 0.15) is 32.6 Å². The van der Waals surface area contributed by atoms with E-state index in [-0.39, 0.29) is 11.9 Å². The summed E-state index contributed by atoms with van der Waals surface area (Å²) in [5.41, 5.74) is 5.46.